The number of ether oxygens (including phenoxy) is 1. The predicted octanol–water partition coefficient (Wildman–Crippen LogP) is 0.609. The molecule has 190 valence electrons. The average Bonchev–Trinajstić information content (AvgIpc) is 3.51. The molecule has 5 rings (SSSR count). The third-order valence-corrected chi connectivity index (χ3v) is 6.62. The van der Waals surface area contributed by atoms with Crippen LogP contribution >= 0.6 is 0 Å². The molecule has 36 heavy (non-hydrogen) atoms. The summed E-state index contributed by atoms with van der Waals surface area (Å²) in [6, 6.07) is 7.83. The highest BCUT2D eigenvalue weighted by atomic mass is 16.5. The molecule has 3 aromatic heterocycles. The number of hydrogen-bond acceptors (Lipinski definition) is 9. The molecule has 1 aliphatic rings. The first-order chi connectivity index (χ1) is 17.4. The van der Waals surface area contributed by atoms with Crippen LogP contribution in [0.1, 0.15) is 11.5 Å². The SMILES string of the molecule is COCCN1CCN(c2nc3c(c(=O)n(C)c(=O)n3C)n2Cc2nnc(-c3cccc(C)c3)o2)CC1. The number of methoxy groups -OCH3 is 1. The van der Waals surface area contributed by atoms with Crippen LogP contribution in [0, 0.1) is 6.92 Å². The summed E-state index contributed by atoms with van der Waals surface area (Å²) in [5, 5.41) is 8.46. The standard InChI is InChI=1S/C24H30N8O4/c1-16-6-5-7-17(14-16)21-27-26-18(36-21)15-32-19-20(28(2)24(34)29(3)22(19)33)25-23(32)31-10-8-30(9-11-31)12-13-35-4/h5-7,14H,8-13,15H2,1-4H3. The molecule has 4 aromatic rings. The number of aromatic nitrogens is 6. The number of aryl methyl sites for hydroxylation is 2. The van der Waals surface area contributed by atoms with Gasteiger partial charge in [0.2, 0.25) is 17.7 Å². The van der Waals surface area contributed by atoms with E-state index < -0.39 is 11.2 Å². The van der Waals surface area contributed by atoms with E-state index in [0.717, 1.165) is 48.4 Å². The van der Waals surface area contributed by atoms with Crippen molar-refractivity contribution in [1.82, 2.24) is 33.8 Å². The van der Waals surface area contributed by atoms with Crippen LogP contribution in [-0.4, -0.2) is 80.2 Å². The Balaban J connectivity index is 1.54. The van der Waals surface area contributed by atoms with Crippen molar-refractivity contribution in [3.05, 3.63) is 56.6 Å². The molecule has 0 bridgehead atoms. The lowest BCUT2D eigenvalue weighted by Gasteiger charge is -2.35. The molecule has 1 saturated heterocycles. The van der Waals surface area contributed by atoms with Crippen LogP contribution in [0.4, 0.5) is 5.95 Å². The third-order valence-electron chi connectivity index (χ3n) is 6.62. The predicted molar refractivity (Wildman–Crippen MR) is 134 cm³/mol. The Morgan fingerprint density at radius 2 is 1.83 bits per heavy atom. The third kappa shape index (κ3) is 4.33. The summed E-state index contributed by atoms with van der Waals surface area (Å²) in [6.07, 6.45) is 0. The lowest BCUT2D eigenvalue weighted by Crippen LogP contribution is -2.48. The van der Waals surface area contributed by atoms with E-state index >= 15 is 0 Å². The van der Waals surface area contributed by atoms with Gasteiger partial charge in [-0.1, -0.05) is 17.7 Å². The smallest absolute Gasteiger partial charge is 0.332 e. The average molecular weight is 495 g/mol. The summed E-state index contributed by atoms with van der Waals surface area (Å²) in [5.74, 6) is 1.36. The highest BCUT2D eigenvalue weighted by Gasteiger charge is 2.26. The molecule has 0 atom stereocenters. The zero-order valence-electron chi connectivity index (χ0n) is 21.0. The van der Waals surface area contributed by atoms with Crippen molar-refractivity contribution in [2.45, 2.75) is 13.5 Å². The molecule has 0 N–H and O–H groups in total. The van der Waals surface area contributed by atoms with Crippen molar-refractivity contribution in [3.63, 3.8) is 0 Å². The van der Waals surface area contributed by atoms with E-state index in [0.29, 0.717) is 35.5 Å². The minimum atomic E-state index is -0.424. The summed E-state index contributed by atoms with van der Waals surface area (Å²) in [6.45, 7) is 6.81. The normalized spacial score (nSPS) is 14.7. The molecule has 0 radical (unpaired) electrons. The van der Waals surface area contributed by atoms with Crippen LogP contribution in [0.15, 0.2) is 38.3 Å². The van der Waals surface area contributed by atoms with Crippen LogP contribution in [0.3, 0.4) is 0 Å². The van der Waals surface area contributed by atoms with Gasteiger partial charge < -0.3 is 14.1 Å². The highest BCUT2D eigenvalue weighted by Crippen LogP contribution is 2.24. The van der Waals surface area contributed by atoms with Crippen LogP contribution < -0.4 is 16.1 Å². The van der Waals surface area contributed by atoms with Crippen LogP contribution in [0.5, 0.6) is 0 Å². The molecule has 0 unspecified atom stereocenters. The number of benzene rings is 1. The molecule has 0 saturated carbocycles. The fourth-order valence-electron chi connectivity index (χ4n) is 4.57. The minimum Gasteiger partial charge on any atom is -0.419 e. The Morgan fingerprint density at radius 3 is 2.56 bits per heavy atom. The second-order valence-corrected chi connectivity index (χ2v) is 9.07. The van der Waals surface area contributed by atoms with Crippen molar-refractivity contribution in [1.29, 1.82) is 0 Å². The lowest BCUT2D eigenvalue weighted by atomic mass is 10.1. The summed E-state index contributed by atoms with van der Waals surface area (Å²) in [4.78, 5) is 35.0. The maximum absolute atomic E-state index is 13.2. The summed E-state index contributed by atoms with van der Waals surface area (Å²) in [7, 11) is 4.79. The van der Waals surface area contributed by atoms with Gasteiger partial charge in [0, 0.05) is 59.5 Å². The van der Waals surface area contributed by atoms with E-state index in [-0.39, 0.29) is 6.54 Å². The summed E-state index contributed by atoms with van der Waals surface area (Å²) in [5.41, 5.74) is 1.74. The second kappa shape index (κ2) is 9.70. The zero-order chi connectivity index (χ0) is 25.4. The molecule has 12 heteroatoms. The first-order valence-electron chi connectivity index (χ1n) is 11.9. The Labute approximate surface area is 207 Å². The van der Waals surface area contributed by atoms with Crippen LogP contribution in [0.2, 0.25) is 0 Å². The van der Waals surface area contributed by atoms with Gasteiger partial charge in [-0.15, -0.1) is 10.2 Å². The molecule has 0 amide bonds. The van der Waals surface area contributed by atoms with Gasteiger partial charge in [-0.25, -0.2) is 4.79 Å². The van der Waals surface area contributed by atoms with Gasteiger partial charge in [-0.05, 0) is 19.1 Å². The number of nitrogens with zero attached hydrogens (tertiary/aromatic N) is 8. The van der Waals surface area contributed by atoms with Gasteiger partial charge in [0.1, 0.15) is 6.54 Å². The Bertz CT molecular complexity index is 1510. The van der Waals surface area contributed by atoms with Crippen molar-refractivity contribution in [2.24, 2.45) is 14.1 Å². The number of anilines is 1. The molecule has 1 fully saturated rings. The molecule has 12 nitrogen and oxygen atoms in total. The fraction of sp³-hybridized carbons (Fsp3) is 0.458. The van der Waals surface area contributed by atoms with Crippen molar-refractivity contribution < 1.29 is 9.15 Å². The van der Waals surface area contributed by atoms with E-state index in [1.807, 2.05) is 31.2 Å². The second-order valence-electron chi connectivity index (χ2n) is 9.07. The fourth-order valence-corrected chi connectivity index (χ4v) is 4.57. The van der Waals surface area contributed by atoms with Crippen molar-refractivity contribution in [3.8, 4) is 11.5 Å². The molecule has 0 aliphatic carbocycles. The van der Waals surface area contributed by atoms with E-state index in [9.17, 15) is 9.59 Å². The Morgan fingerprint density at radius 1 is 1.06 bits per heavy atom. The maximum Gasteiger partial charge on any atom is 0.332 e. The van der Waals surface area contributed by atoms with Gasteiger partial charge in [-0.3, -0.25) is 23.4 Å². The van der Waals surface area contributed by atoms with Gasteiger partial charge in [-0.2, -0.15) is 4.98 Å². The maximum atomic E-state index is 13.2. The number of piperazine rings is 1. The summed E-state index contributed by atoms with van der Waals surface area (Å²) >= 11 is 0. The molecule has 4 heterocycles. The monoisotopic (exact) mass is 494 g/mol. The largest absolute Gasteiger partial charge is 0.419 e. The van der Waals surface area contributed by atoms with Crippen LogP contribution in [0.25, 0.3) is 22.6 Å². The molecule has 1 aromatic carbocycles. The number of rotatable bonds is 7. The van der Waals surface area contributed by atoms with E-state index in [1.54, 1.807) is 18.7 Å². The molecule has 1 aliphatic heterocycles. The Kier molecular flexibility index (Phi) is 6.46. The molecular formula is C24H30N8O4. The van der Waals surface area contributed by atoms with E-state index in [4.69, 9.17) is 14.1 Å². The zero-order valence-corrected chi connectivity index (χ0v) is 21.0. The Hall–Kier alpha value is -3.77. The quantitative estimate of drug-likeness (QED) is 0.364. The van der Waals surface area contributed by atoms with Crippen molar-refractivity contribution >= 4 is 17.1 Å². The molecule has 0 spiro atoms. The lowest BCUT2D eigenvalue weighted by molar-refractivity contribution is 0.143. The first-order valence-corrected chi connectivity index (χ1v) is 11.9. The van der Waals surface area contributed by atoms with Crippen LogP contribution in [-0.2, 0) is 25.4 Å². The minimum absolute atomic E-state index is 0.155. The van der Waals surface area contributed by atoms with Gasteiger partial charge in [0.15, 0.2) is 11.2 Å². The van der Waals surface area contributed by atoms with E-state index in [2.05, 4.69) is 20.0 Å². The number of hydrogen-bond donors (Lipinski definition) is 0. The number of fused-ring (bicyclic) bond motifs is 1. The van der Waals surface area contributed by atoms with Gasteiger partial charge in [0.05, 0.1) is 6.61 Å². The van der Waals surface area contributed by atoms with Gasteiger partial charge >= 0.3 is 5.69 Å². The topological polar surface area (TPSA) is 116 Å². The van der Waals surface area contributed by atoms with Gasteiger partial charge in [0.25, 0.3) is 5.56 Å². The number of imidazole rings is 1. The molecular weight excluding hydrogens is 464 g/mol. The van der Waals surface area contributed by atoms with E-state index in [1.165, 1.54) is 11.6 Å². The summed E-state index contributed by atoms with van der Waals surface area (Å²) < 4.78 is 15.5. The highest BCUT2D eigenvalue weighted by molar-refractivity contribution is 5.74. The van der Waals surface area contributed by atoms with Crippen molar-refractivity contribution in [2.75, 3.05) is 51.3 Å². The first kappa shape index (κ1) is 23.9.